The van der Waals surface area contributed by atoms with Crippen molar-refractivity contribution in [2.75, 3.05) is 12.4 Å². The second-order valence-electron chi connectivity index (χ2n) is 6.56. The van der Waals surface area contributed by atoms with Gasteiger partial charge in [-0.25, -0.2) is 9.97 Å². The Morgan fingerprint density at radius 2 is 2.30 bits per heavy atom. The summed E-state index contributed by atoms with van der Waals surface area (Å²) in [4.78, 5) is 22.3. The number of aromatic nitrogens is 3. The molecule has 0 bridgehead atoms. The number of aliphatic carboxylic acids is 1. The molecule has 3 N–H and O–H groups in total. The highest BCUT2D eigenvalue weighted by molar-refractivity contribution is 7.19. The second-order valence-corrected chi connectivity index (χ2v) is 8.49. The van der Waals surface area contributed by atoms with Gasteiger partial charge in [-0.3, -0.25) is 4.79 Å². The van der Waals surface area contributed by atoms with Crippen LogP contribution in [-0.2, 0) is 17.6 Å². The third-order valence-electron chi connectivity index (χ3n) is 5.02. The van der Waals surface area contributed by atoms with Crippen molar-refractivity contribution < 1.29 is 14.6 Å². The molecule has 4 aromatic rings. The molecule has 7 nitrogen and oxygen atoms in total. The summed E-state index contributed by atoms with van der Waals surface area (Å²) in [6, 6.07) is 4.01. The van der Waals surface area contributed by atoms with Gasteiger partial charge in [-0.15, -0.1) is 11.3 Å². The molecule has 0 spiro atoms. The molecule has 3 heterocycles. The minimum atomic E-state index is -0.722. The molecular formula is C18H16N4O3S2. The summed E-state index contributed by atoms with van der Waals surface area (Å²) in [5, 5.41) is 13.8. The van der Waals surface area contributed by atoms with E-state index in [1.165, 1.54) is 5.56 Å². The van der Waals surface area contributed by atoms with Gasteiger partial charge in [-0.1, -0.05) is 11.5 Å². The molecule has 0 amide bonds. The summed E-state index contributed by atoms with van der Waals surface area (Å²) in [7, 11) is 1.65. The van der Waals surface area contributed by atoms with E-state index < -0.39 is 5.97 Å². The van der Waals surface area contributed by atoms with Crippen molar-refractivity contribution in [1.29, 1.82) is 0 Å². The Morgan fingerprint density at radius 3 is 3.04 bits per heavy atom. The number of carbonyl (C=O) groups is 1. The quantitative estimate of drug-likeness (QED) is 0.475. The number of carboxylic acids is 1. The Hall–Kier alpha value is -2.65. The highest BCUT2D eigenvalue weighted by Gasteiger charge is 2.29. The van der Waals surface area contributed by atoms with E-state index >= 15 is 0 Å². The molecule has 3 aromatic heterocycles. The summed E-state index contributed by atoms with van der Waals surface area (Å²) in [5.74, 6) is 0.443. The number of benzene rings is 1. The summed E-state index contributed by atoms with van der Waals surface area (Å²) >= 11 is 3.15. The molecule has 1 atom stereocenters. The number of nitrogens with one attached hydrogen (secondary N) is 2. The molecular weight excluding hydrogens is 384 g/mol. The lowest BCUT2D eigenvalue weighted by Gasteiger charge is -2.19. The predicted octanol–water partition coefficient (Wildman–Crippen LogP) is 4.18. The van der Waals surface area contributed by atoms with E-state index in [4.69, 9.17) is 4.74 Å². The number of aryl methyl sites for hydroxylation is 1. The molecule has 0 saturated carbocycles. The topological polar surface area (TPSA) is 100 Å². The fourth-order valence-corrected chi connectivity index (χ4v) is 5.50. The maximum atomic E-state index is 11.4. The first-order valence-electron chi connectivity index (χ1n) is 8.54. The normalized spacial score (nSPS) is 16.6. The minimum absolute atomic E-state index is 0.312. The maximum Gasteiger partial charge on any atom is 0.306 e. The zero-order chi connectivity index (χ0) is 18.5. The molecule has 0 unspecified atom stereocenters. The van der Waals surface area contributed by atoms with Crippen LogP contribution in [0.25, 0.3) is 20.4 Å². The monoisotopic (exact) mass is 400 g/mol. The largest absolute Gasteiger partial charge is 0.494 e. The number of hydrogen-bond acceptors (Lipinski definition) is 7. The van der Waals surface area contributed by atoms with Crippen LogP contribution in [0.4, 0.5) is 11.5 Å². The lowest BCUT2D eigenvalue weighted by Crippen LogP contribution is -2.21. The number of nitrogens with zero attached hydrogens (tertiary/aromatic N) is 2. The Balaban J connectivity index is 1.59. The maximum absolute atomic E-state index is 11.4. The number of carboxylic acid groups (broad SMARTS) is 1. The van der Waals surface area contributed by atoms with E-state index in [1.807, 2.05) is 12.1 Å². The Bertz CT molecular complexity index is 1180. The van der Waals surface area contributed by atoms with Gasteiger partial charge in [0.25, 0.3) is 0 Å². The van der Waals surface area contributed by atoms with E-state index in [9.17, 15) is 9.90 Å². The number of anilines is 2. The number of thiophene rings is 1. The van der Waals surface area contributed by atoms with Crippen LogP contribution in [0, 0.1) is 5.92 Å². The van der Waals surface area contributed by atoms with Gasteiger partial charge in [0.2, 0.25) is 0 Å². The third kappa shape index (κ3) is 2.65. The van der Waals surface area contributed by atoms with Crippen LogP contribution in [-0.4, -0.2) is 32.5 Å². The van der Waals surface area contributed by atoms with Crippen molar-refractivity contribution in [3.05, 3.63) is 28.9 Å². The summed E-state index contributed by atoms with van der Waals surface area (Å²) in [6.45, 7) is 0. The summed E-state index contributed by atoms with van der Waals surface area (Å²) in [5.41, 5.74) is 3.09. The van der Waals surface area contributed by atoms with Crippen LogP contribution in [0.3, 0.4) is 0 Å². The summed E-state index contributed by atoms with van der Waals surface area (Å²) < 4.78 is 9.84. The van der Waals surface area contributed by atoms with Gasteiger partial charge in [0.15, 0.2) is 0 Å². The van der Waals surface area contributed by atoms with Gasteiger partial charge in [0.05, 0.1) is 34.3 Å². The molecule has 0 fully saturated rings. The van der Waals surface area contributed by atoms with Gasteiger partial charge in [-0.05, 0) is 30.9 Å². The van der Waals surface area contributed by atoms with Crippen molar-refractivity contribution in [3.8, 4) is 5.75 Å². The average Bonchev–Trinajstić information content (AvgIpc) is 3.02. The third-order valence-corrected chi connectivity index (χ3v) is 7.06. The van der Waals surface area contributed by atoms with Gasteiger partial charge in [0, 0.05) is 10.9 Å². The lowest BCUT2D eigenvalue weighted by molar-refractivity contribution is -0.142. The molecule has 1 aliphatic carbocycles. The molecule has 9 heteroatoms. The second kappa shape index (κ2) is 6.21. The standard InChI is InChI=1S/C18H16N4O3S2/c1-25-12-5-11-14(27-22-11)6-10(12)21-16-15-9-3-2-8(18(23)24)4-13(9)26-17(15)20-7-19-16/h5-8,22H,2-4H2,1H3,(H,23,24)(H,19,20,21)/t8-/m0/s1. The highest BCUT2D eigenvalue weighted by atomic mass is 32.1. The first-order chi connectivity index (χ1) is 13.1. The smallest absolute Gasteiger partial charge is 0.306 e. The molecule has 5 rings (SSSR count). The van der Waals surface area contributed by atoms with Crippen molar-refractivity contribution in [2.24, 2.45) is 5.92 Å². The Morgan fingerprint density at radius 1 is 1.41 bits per heavy atom. The Labute approximate surface area is 162 Å². The highest BCUT2D eigenvalue weighted by Crippen LogP contribution is 2.42. The van der Waals surface area contributed by atoms with Crippen LogP contribution in [0.15, 0.2) is 18.5 Å². The van der Waals surface area contributed by atoms with Crippen LogP contribution in [0.1, 0.15) is 16.9 Å². The van der Waals surface area contributed by atoms with Crippen molar-refractivity contribution in [1.82, 2.24) is 14.3 Å². The van der Waals surface area contributed by atoms with Gasteiger partial charge >= 0.3 is 5.97 Å². The minimum Gasteiger partial charge on any atom is -0.494 e. The van der Waals surface area contributed by atoms with Crippen molar-refractivity contribution in [2.45, 2.75) is 19.3 Å². The zero-order valence-corrected chi connectivity index (χ0v) is 16.0. The zero-order valence-electron chi connectivity index (χ0n) is 14.4. The fourth-order valence-electron chi connectivity index (χ4n) is 3.60. The van der Waals surface area contributed by atoms with Gasteiger partial charge < -0.3 is 19.5 Å². The molecule has 0 saturated heterocycles. The summed E-state index contributed by atoms with van der Waals surface area (Å²) in [6.07, 6.45) is 3.49. The number of hydrogen-bond donors (Lipinski definition) is 3. The van der Waals surface area contributed by atoms with E-state index in [-0.39, 0.29) is 5.92 Å². The predicted molar refractivity (Wildman–Crippen MR) is 107 cm³/mol. The number of rotatable bonds is 4. The molecule has 1 aromatic carbocycles. The van der Waals surface area contributed by atoms with Crippen LogP contribution in [0.5, 0.6) is 5.75 Å². The number of fused-ring (bicyclic) bond motifs is 4. The molecule has 138 valence electrons. The number of methoxy groups -OCH3 is 1. The van der Waals surface area contributed by atoms with E-state index in [0.717, 1.165) is 49.0 Å². The van der Waals surface area contributed by atoms with Crippen LogP contribution >= 0.6 is 22.9 Å². The van der Waals surface area contributed by atoms with E-state index in [2.05, 4.69) is 19.7 Å². The van der Waals surface area contributed by atoms with E-state index in [0.29, 0.717) is 12.8 Å². The Kier molecular flexibility index (Phi) is 3.80. The van der Waals surface area contributed by atoms with Gasteiger partial charge in [-0.2, -0.15) is 0 Å². The van der Waals surface area contributed by atoms with Crippen molar-refractivity contribution in [3.63, 3.8) is 0 Å². The fraction of sp³-hybridized carbons (Fsp3) is 0.278. The average molecular weight is 400 g/mol. The molecule has 1 aliphatic rings. The van der Waals surface area contributed by atoms with E-state index in [1.54, 1.807) is 36.3 Å². The molecule has 0 aliphatic heterocycles. The van der Waals surface area contributed by atoms with Gasteiger partial charge in [0.1, 0.15) is 22.7 Å². The first-order valence-corrected chi connectivity index (χ1v) is 10.2. The SMILES string of the molecule is COc1cc2[nH]sc2cc1Nc1ncnc2sc3c(c12)CC[C@H](C(=O)O)C3. The molecule has 27 heavy (non-hydrogen) atoms. The molecule has 0 radical (unpaired) electrons. The van der Waals surface area contributed by atoms with Crippen LogP contribution in [0.2, 0.25) is 0 Å². The first kappa shape index (κ1) is 16.5. The van der Waals surface area contributed by atoms with Crippen molar-refractivity contribution >= 4 is 60.8 Å². The number of aromatic amines is 1. The number of ether oxygens (including phenoxy) is 1. The van der Waals surface area contributed by atoms with Crippen LogP contribution < -0.4 is 10.1 Å². The number of H-pyrrole nitrogens is 1. The lowest BCUT2D eigenvalue weighted by atomic mass is 9.88.